The number of esters is 1. The van der Waals surface area contributed by atoms with Crippen molar-refractivity contribution in [1.82, 2.24) is 0 Å². The third-order valence-corrected chi connectivity index (χ3v) is 5.70. The number of anilines is 1. The summed E-state index contributed by atoms with van der Waals surface area (Å²) in [6.45, 7) is 2.75. The Morgan fingerprint density at radius 2 is 1.23 bits per heavy atom. The van der Waals surface area contributed by atoms with Gasteiger partial charge in [-0.3, -0.25) is 0 Å². The molecule has 0 saturated carbocycles. The standard InChI is InChI=1S/C26H45NO3/c1-3-4-5-6-7-8-9-10-11-12-13-14-15-16-17-18-21-30-26(28)23-19-20-25(29-2)24(27)22-23/h19-20,22H,3-18,21,27H2,1-2H3. The lowest BCUT2D eigenvalue weighted by atomic mass is 10.0. The molecule has 4 nitrogen and oxygen atoms in total. The fraction of sp³-hybridized carbons (Fsp3) is 0.731. The van der Waals surface area contributed by atoms with Gasteiger partial charge in [-0.05, 0) is 24.6 Å². The van der Waals surface area contributed by atoms with Crippen molar-refractivity contribution in [3.8, 4) is 5.75 Å². The Balaban J connectivity index is 1.86. The van der Waals surface area contributed by atoms with E-state index in [1.807, 2.05) is 0 Å². The van der Waals surface area contributed by atoms with Crippen molar-refractivity contribution in [1.29, 1.82) is 0 Å². The van der Waals surface area contributed by atoms with Crippen molar-refractivity contribution in [3.63, 3.8) is 0 Å². The van der Waals surface area contributed by atoms with E-state index in [-0.39, 0.29) is 5.97 Å². The molecule has 1 aromatic rings. The SMILES string of the molecule is CCCCCCCCCCCCCCCCCCOC(=O)c1ccc(OC)c(N)c1. The van der Waals surface area contributed by atoms with E-state index in [9.17, 15) is 4.79 Å². The van der Waals surface area contributed by atoms with Gasteiger partial charge >= 0.3 is 5.97 Å². The summed E-state index contributed by atoms with van der Waals surface area (Å²) >= 11 is 0. The molecule has 0 radical (unpaired) electrons. The van der Waals surface area contributed by atoms with Crippen molar-refractivity contribution >= 4 is 11.7 Å². The lowest BCUT2D eigenvalue weighted by molar-refractivity contribution is 0.0497. The quantitative estimate of drug-likeness (QED) is 0.142. The summed E-state index contributed by atoms with van der Waals surface area (Å²) in [7, 11) is 1.56. The largest absolute Gasteiger partial charge is 0.495 e. The average molecular weight is 420 g/mol. The predicted octanol–water partition coefficient (Wildman–Crippen LogP) is 7.70. The number of carbonyl (C=O) groups excluding carboxylic acids is 1. The highest BCUT2D eigenvalue weighted by Crippen LogP contribution is 2.22. The zero-order valence-electron chi connectivity index (χ0n) is 19.6. The van der Waals surface area contributed by atoms with Gasteiger partial charge in [-0.1, -0.05) is 103 Å². The summed E-state index contributed by atoms with van der Waals surface area (Å²) in [6, 6.07) is 4.99. The molecule has 1 rings (SSSR count). The van der Waals surface area contributed by atoms with Gasteiger partial charge in [0.05, 0.1) is 25.0 Å². The molecule has 0 unspecified atom stereocenters. The lowest BCUT2D eigenvalue weighted by Crippen LogP contribution is -2.07. The average Bonchev–Trinajstić information content (AvgIpc) is 2.75. The number of benzene rings is 1. The van der Waals surface area contributed by atoms with E-state index < -0.39 is 0 Å². The molecule has 0 spiro atoms. The van der Waals surface area contributed by atoms with E-state index in [4.69, 9.17) is 15.2 Å². The number of nitrogen functional groups attached to an aromatic ring is 1. The molecule has 0 aromatic heterocycles. The van der Waals surface area contributed by atoms with Crippen molar-refractivity contribution in [3.05, 3.63) is 23.8 Å². The predicted molar refractivity (Wildman–Crippen MR) is 127 cm³/mol. The number of ether oxygens (including phenoxy) is 2. The van der Waals surface area contributed by atoms with Crippen LogP contribution in [0, 0.1) is 0 Å². The summed E-state index contributed by atoms with van der Waals surface area (Å²) in [5.74, 6) is 0.259. The molecule has 2 N–H and O–H groups in total. The van der Waals surface area contributed by atoms with Gasteiger partial charge in [0.2, 0.25) is 0 Å². The van der Waals surface area contributed by atoms with Crippen LogP contribution < -0.4 is 10.5 Å². The number of carbonyl (C=O) groups is 1. The molecular formula is C26H45NO3. The molecule has 0 aliphatic heterocycles. The molecule has 0 heterocycles. The van der Waals surface area contributed by atoms with Crippen molar-refractivity contribution in [2.75, 3.05) is 19.5 Å². The molecule has 1 aromatic carbocycles. The van der Waals surface area contributed by atoms with E-state index in [1.54, 1.807) is 25.3 Å². The summed E-state index contributed by atoms with van der Waals surface area (Å²) < 4.78 is 10.4. The topological polar surface area (TPSA) is 61.5 Å². The van der Waals surface area contributed by atoms with Crippen LogP contribution in [0.4, 0.5) is 5.69 Å². The van der Waals surface area contributed by atoms with Gasteiger partial charge < -0.3 is 15.2 Å². The fourth-order valence-corrected chi connectivity index (χ4v) is 3.76. The molecule has 0 saturated heterocycles. The van der Waals surface area contributed by atoms with Crippen LogP contribution in [0.1, 0.15) is 120 Å². The highest BCUT2D eigenvalue weighted by Gasteiger charge is 2.09. The van der Waals surface area contributed by atoms with Gasteiger partial charge in [0.15, 0.2) is 0 Å². The maximum atomic E-state index is 12.0. The Morgan fingerprint density at radius 1 is 0.767 bits per heavy atom. The highest BCUT2D eigenvalue weighted by atomic mass is 16.5. The molecule has 0 atom stereocenters. The Labute approximate surface area is 184 Å². The third-order valence-electron chi connectivity index (χ3n) is 5.70. The van der Waals surface area contributed by atoms with Crippen LogP contribution in [0.2, 0.25) is 0 Å². The second-order valence-electron chi connectivity index (χ2n) is 8.40. The van der Waals surface area contributed by atoms with E-state index in [0.717, 1.165) is 12.8 Å². The van der Waals surface area contributed by atoms with Crippen LogP contribution in [0.25, 0.3) is 0 Å². The minimum Gasteiger partial charge on any atom is -0.495 e. The lowest BCUT2D eigenvalue weighted by Gasteiger charge is -2.08. The van der Waals surface area contributed by atoms with E-state index in [1.165, 1.54) is 89.9 Å². The van der Waals surface area contributed by atoms with Gasteiger partial charge in [-0.2, -0.15) is 0 Å². The van der Waals surface area contributed by atoms with E-state index >= 15 is 0 Å². The molecule has 0 bridgehead atoms. The van der Waals surface area contributed by atoms with Crippen molar-refractivity contribution in [2.45, 2.75) is 110 Å². The van der Waals surface area contributed by atoms with Crippen LogP contribution in [0.5, 0.6) is 5.75 Å². The zero-order valence-corrected chi connectivity index (χ0v) is 19.6. The summed E-state index contributed by atoms with van der Waals surface area (Å²) in [5, 5.41) is 0. The molecule has 30 heavy (non-hydrogen) atoms. The fourth-order valence-electron chi connectivity index (χ4n) is 3.76. The van der Waals surface area contributed by atoms with Gasteiger partial charge in [-0.25, -0.2) is 4.79 Å². The monoisotopic (exact) mass is 419 g/mol. The molecular weight excluding hydrogens is 374 g/mol. The molecule has 0 amide bonds. The second-order valence-corrected chi connectivity index (χ2v) is 8.40. The van der Waals surface area contributed by atoms with E-state index in [0.29, 0.717) is 23.6 Å². The maximum absolute atomic E-state index is 12.0. The second kappa shape index (κ2) is 18.1. The number of methoxy groups -OCH3 is 1. The molecule has 172 valence electrons. The first kappa shape index (κ1) is 26.3. The van der Waals surface area contributed by atoms with Crippen LogP contribution in [0.3, 0.4) is 0 Å². The van der Waals surface area contributed by atoms with Gasteiger partial charge in [0.1, 0.15) is 5.75 Å². The number of nitrogens with two attached hydrogens (primary N) is 1. The molecule has 0 aliphatic rings. The van der Waals surface area contributed by atoms with Crippen LogP contribution in [-0.2, 0) is 4.74 Å². The van der Waals surface area contributed by atoms with Crippen molar-refractivity contribution < 1.29 is 14.3 Å². The Bertz CT molecular complexity index is 559. The molecule has 4 heteroatoms. The zero-order chi connectivity index (χ0) is 21.9. The minimum absolute atomic E-state index is 0.315. The Morgan fingerprint density at radius 3 is 1.67 bits per heavy atom. The Kier molecular flexibility index (Phi) is 15.9. The summed E-state index contributed by atoms with van der Waals surface area (Å²) in [6.07, 6.45) is 21.4. The summed E-state index contributed by atoms with van der Waals surface area (Å²) in [5.41, 5.74) is 6.76. The Hall–Kier alpha value is -1.71. The minimum atomic E-state index is -0.315. The van der Waals surface area contributed by atoms with Crippen LogP contribution in [-0.4, -0.2) is 19.7 Å². The van der Waals surface area contributed by atoms with Crippen LogP contribution in [0.15, 0.2) is 18.2 Å². The number of rotatable bonds is 19. The number of unbranched alkanes of at least 4 members (excludes halogenated alkanes) is 15. The normalized spacial score (nSPS) is 10.9. The van der Waals surface area contributed by atoms with E-state index in [2.05, 4.69) is 6.92 Å². The maximum Gasteiger partial charge on any atom is 0.338 e. The van der Waals surface area contributed by atoms with Gasteiger partial charge in [0.25, 0.3) is 0 Å². The molecule has 0 aliphatic carbocycles. The third kappa shape index (κ3) is 12.8. The highest BCUT2D eigenvalue weighted by molar-refractivity contribution is 5.91. The first-order valence-electron chi connectivity index (χ1n) is 12.3. The van der Waals surface area contributed by atoms with Gasteiger partial charge in [-0.15, -0.1) is 0 Å². The first-order chi connectivity index (χ1) is 14.7. The van der Waals surface area contributed by atoms with Gasteiger partial charge in [0, 0.05) is 0 Å². The van der Waals surface area contributed by atoms with Crippen LogP contribution >= 0.6 is 0 Å². The summed E-state index contributed by atoms with van der Waals surface area (Å²) in [4.78, 5) is 12.0. The van der Waals surface area contributed by atoms with Crippen molar-refractivity contribution in [2.24, 2.45) is 0 Å². The number of hydrogen-bond donors (Lipinski definition) is 1. The first-order valence-corrected chi connectivity index (χ1v) is 12.3. The molecule has 0 fully saturated rings. The smallest absolute Gasteiger partial charge is 0.338 e. The number of hydrogen-bond acceptors (Lipinski definition) is 4.